The van der Waals surface area contributed by atoms with Crippen LogP contribution in [0.2, 0.25) is 0 Å². The van der Waals surface area contributed by atoms with Gasteiger partial charge in [0, 0.05) is 25.7 Å². The topological polar surface area (TPSA) is 35.6 Å². The van der Waals surface area contributed by atoms with Gasteiger partial charge in [0.05, 0.1) is 6.04 Å². The summed E-state index contributed by atoms with van der Waals surface area (Å²) in [5.41, 5.74) is 0. The number of likely N-dealkylation sites (N-methyl/N-ethyl adjacent to an activating group) is 1. The van der Waals surface area contributed by atoms with E-state index in [9.17, 15) is 4.79 Å². The van der Waals surface area contributed by atoms with Crippen molar-refractivity contribution in [3.05, 3.63) is 0 Å². The van der Waals surface area contributed by atoms with Crippen molar-refractivity contribution < 1.29 is 4.79 Å². The molecule has 2 aliphatic rings. The molecular formula is C12H25Cl2N3O. The maximum absolute atomic E-state index is 12.3. The Hall–Kier alpha value is -0.0300. The highest BCUT2D eigenvalue weighted by Crippen LogP contribution is 2.14. The molecule has 2 atom stereocenters. The monoisotopic (exact) mass is 297 g/mol. The normalized spacial score (nSPS) is 29.1. The summed E-state index contributed by atoms with van der Waals surface area (Å²) in [7, 11) is 2.12. The number of carbonyl (C=O) groups excluding carboxylic acids is 1. The van der Waals surface area contributed by atoms with Crippen LogP contribution in [0.25, 0.3) is 0 Å². The van der Waals surface area contributed by atoms with E-state index in [1.54, 1.807) is 0 Å². The summed E-state index contributed by atoms with van der Waals surface area (Å²) >= 11 is 0. The van der Waals surface area contributed by atoms with Crippen LogP contribution in [0.15, 0.2) is 0 Å². The molecule has 0 aromatic rings. The van der Waals surface area contributed by atoms with Crippen LogP contribution in [0.5, 0.6) is 0 Å². The van der Waals surface area contributed by atoms with Gasteiger partial charge in [0.1, 0.15) is 0 Å². The molecule has 2 aliphatic heterocycles. The Labute approximate surface area is 122 Å². The van der Waals surface area contributed by atoms with Gasteiger partial charge in [-0.2, -0.15) is 0 Å². The third-order valence-electron chi connectivity index (χ3n) is 3.72. The van der Waals surface area contributed by atoms with Crippen LogP contribution in [0.4, 0.5) is 0 Å². The van der Waals surface area contributed by atoms with Gasteiger partial charge in [0.25, 0.3) is 0 Å². The first-order valence-corrected chi connectivity index (χ1v) is 6.41. The number of piperazine rings is 1. The lowest BCUT2D eigenvalue weighted by atomic mass is 10.0. The van der Waals surface area contributed by atoms with E-state index in [1.165, 1.54) is 12.8 Å². The van der Waals surface area contributed by atoms with Gasteiger partial charge in [-0.05, 0) is 33.4 Å². The van der Waals surface area contributed by atoms with E-state index in [0.29, 0.717) is 11.9 Å². The summed E-state index contributed by atoms with van der Waals surface area (Å²) in [5, 5.41) is 3.34. The molecule has 1 N–H and O–H groups in total. The van der Waals surface area contributed by atoms with Crippen molar-refractivity contribution in [3.63, 3.8) is 0 Å². The Balaban J connectivity index is 0.00000144. The molecule has 0 radical (unpaired) electrons. The van der Waals surface area contributed by atoms with E-state index in [-0.39, 0.29) is 30.9 Å². The molecule has 18 heavy (non-hydrogen) atoms. The van der Waals surface area contributed by atoms with E-state index in [0.717, 1.165) is 32.6 Å². The fourth-order valence-corrected chi connectivity index (χ4v) is 2.73. The van der Waals surface area contributed by atoms with Gasteiger partial charge >= 0.3 is 0 Å². The van der Waals surface area contributed by atoms with E-state index in [2.05, 4.69) is 29.1 Å². The molecule has 6 heteroatoms. The van der Waals surface area contributed by atoms with Gasteiger partial charge < -0.3 is 15.1 Å². The molecule has 0 aromatic carbocycles. The number of amides is 1. The van der Waals surface area contributed by atoms with Crippen LogP contribution in [0, 0.1) is 0 Å². The molecule has 0 aliphatic carbocycles. The Morgan fingerprint density at radius 1 is 1.22 bits per heavy atom. The van der Waals surface area contributed by atoms with Gasteiger partial charge in [-0.15, -0.1) is 24.8 Å². The number of carbonyl (C=O) groups is 1. The molecule has 4 nitrogen and oxygen atoms in total. The quantitative estimate of drug-likeness (QED) is 0.788. The number of rotatable bonds is 1. The smallest absolute Gasteiger partial charge is 0.240 e. The minimum Gasteiger partial charge on any atom is -0.336 e. The molecule has 108 valence electrons. The first-order valence-electron chi connectivity index (χ1n) is 6.41. The van der Waals surface area contributed by atoms with E-state index in [1.807, 2.05) is 0 Å². The fourth-order valence-electron chi connectivity index (χ4n) is 2.73. The van der Waals surface area contributed by atoms with Crippen LogP contribution in [-0.4, -0.2) is 61.0 Å². The van der Waals surface area contributed by atoms with E-state index < -0.39 is 0 Å². The van der Waals surface area contributed by atoms with Crippen LogP contribution in [0.1, 0.15) is 26.2 Å². The second kappa shape index (κ2) is 8.20. The number of piperidine rings is 1. The molecule has 2 heterocycles. The van der Waals surface area contributed by atoms with Gasteiger partial charge in [-0.25, -0.2) is 0 Å². The van der Waals surface area contributed by atoms with E-state index in [4.69, 9.17) is 0 Å². The number of nitrogens with one attached hydrogen (secondary N) is 1. The SMILES string of the molecule is CC1CN(C)CCN1C(=O)[C@H]1CCCCN1.Cl.Cl. The van der Waals surface area contributed by atoms with Gasteiger partial charge in [-0.3, -0.25) is 4.79 Å². The summed E-state index contributed by atoms with van der Waals surface area (Å²) < 4.78 is 0. The first-order chi connectivity index (χ1) is 7.68. The summed E-state index contributed by atoms with van der Waals surface area (Å²) in [6.45, 7) is 6.03. The Kier molecular flexibility index (Phi) is 8.19. The third-order valence-corrected chi connectivity index (χ3v) is 3.72. The average molecular weight is 298 g/mol. The number of nitrogens with zero attached hydrogens (tertiary/aromatic N) is 2. The molecule has 1 amide bonds. The Morgan fingerprint density at radius 3 is 2.50 bits per heavy atom. The molecule has 0 aromatic heterocycles. The molecule has 2 fully saturated rings. The van der Waals surface area contributed by atoms with Gasteiger partial charge in [0.2, 0.25) is 5.91 Å². The molecule has 0 saturated carbocycles. The van der Waals surface area contributed by atoms with Crippen molar-refractivity contribution in [2.45, 2.75) is 38.3 Å². The van der Waals surface area contributed by atoms with Crippen molar-refractivity contribution in [1.29, 1.82) is 0 Å². The lowest BCUT2D eigenvalue weighted by molar-refractivity contribution is -0.138. The highest BCUT2D eigenvalue weighted by Gasteiger charge is 2.31. The standard InChI is InChI=1S/C12H23N3O.2ClH/c1-10-9-14(2)7-8-15(10)12(16)11-5-3-4-6-13-11;;/h10-11,13H,3-9H2,1-2H3;2*1H/t10?,11-;;/m1../s1. The molecule has 0 bridgehead atoms. The van der Waals surface area contributed by atoms with Crippen molar-refractivity contribution in [3.8, 4) is 0 Å². The van der Waals surface area contributed by atoms with Crippen molar-refractivity contribution in [2.75, 3.05) is 33.2 Å². The van der Waals surface area contributed by atoms with Crippen LogP contribution < -0.4 is 5.32 Å². The second-order valence-corrected chi connectivity index (χ2v) is 5.15. The Morgan fingerprint density at radius 2 is 1.94 bits per heavy atom. The molecule has 2 saturated heterocycles. The first kappa shape index (κ1) is 18.0. The maximum Gasteiger partial charge on any atom is 0.240 e. The zero-order valence-corrected chi connectivity index (χ0v) is 12.9. The van der Waals surface area contributed by atoms with Crippen molar-refractivity contribution in [1.82, 2.24) is 15.1 Å². The molecule has 2 rings (SSSR count). The number of halogens is 2. The zero-order valence-electron chi connectivity index (χ0n) is 11.2. The molecule has 0 spiro atoms. The fraction of sp³-hybridized carbons (Fsp3) is 0.917. The second-order valence-electron chi connectivity index (χ2n) is 5.15. The lowest BCUT2D eigenvalue weighted by Gasteiger charge is -2.40. The highest BCUT2D eigenvalue weighted by molar-refractivity contribution is 5.85. The van der Waals surface area contributed by atoms with Crippen molar-refractivity contribution >= 4 is 30.7 Å². The summed E-state index contributed by atoms with van der Waals surface area (Å²) in [4.78, 5) is 16.7. The number of hydrogen-bond donors (Lipinski definition) is 1. The third kappa shape index (κ3) is 4.26. The van der Waals surface area contributed by atoms with Gasteiger partial charge in [0.15, 0.2) is 0 Å². The van der Waals surface area contributed by atoms with Crippen LogP contribution >= 0.6 is 24.8 Å². The lowest BCUT2D eigenvalue weighted by Crippen LogP contribution is -2.58. The van der Waals surface area contributed by atoms with Crippen LogP contribution in [-0.2, 0) is 4.79 Å². The maximum atomic E-state index is 12.3. The largest absolute Gasteiger partial charge is 0.336 e. The Bertz CT molecular complexity index is 260. The highest BCUT2D eigenvalue weighted by atomic mass is 35.5. The minimum atomic E-state index is 0. The predicted molar refractivity (Wildman–Crippen MR) is 78.8 cm³/mol. The summed E-state index contributed by atoms with van der Waals surface area (Å²) in [5.74, 6) is 0.320. The average Bonchev–Trinajstić information content (AvgIpc) is 2.29. The summed E-state index contributed by atoms with van der Waals surface area (Å²) in [6, 6.07) is 0.439. The predicted octanol–water partition coefficient (Wildman–Crippen LogP) is 1.13. The minimum absolute atomic E-state index is 0. The van der Waals surface area contributed by atoms with Crippen LogP contribution in [0.3, 0.4) is 0 Å². The van der Waals surface area contributed by atoms with Gasteiger partial charge in [-0.1, -0.05) is 6.42 Å². The molecular weight excluding hydrogens is 273 g/mol. The molecule has 1 unspecified atom stereocenters. The van der Waals surface area contributed by atoms with E-state index >= 15 is 0 Å². The van der Waals surface area contributed by atoms with Crippen molar-refractivity contribution in [2.24, 2.45) is 0 Å². The summed E-state index contributed by atoms with van der Waals surface area (Å²) in [6.07, 6.45) is 3.41. The zero-order chi connectivity index (χ0) is 11.5. The number of hydrogen-bond acceptors (Lipinski definition) is 3.